The van der Waals surface area contributed by atoms with Crippen molar-refractivity contribution < 1.29 is 13.6 Å². The van der Waals surface area contributed by atoms with Crippen molar-refractivity contribution in [3.05, 3.63) is 59.8 Å². The lowest BCUT2D eigenvalue weighted by molar-refractivity contribution is 0.486. The second-order valence-electron chi connectivity index (χ2n) is 3.57. The molecule has 2 rings (SSSR count). The van der Waals surface area contributed by atoms with Gasteiger partial charge in [0, 0.05) is 6.42 Å². The molecule has 0 fully saturated rings. The van der Waals surface area contributed by atoms with Crippen LogP contribution < -0.4 is 0 Å². The molecule has 1 atom stereocenters. The summed E-state index contributed by atoms with van der Waals surface area (Å²) in [5.41, 5.74) is 0.756. The SMILES string of the molecule is O=C=NC(Cc1ccco1)c1ccc(F)cc1. The van der Waals surface area contributed by atoms with E-state index in [1.807, 2.05) is 0 Å². The van der Waals surface area contributed by atoms with Crippen molar-refractivity contribution in [2.24, 2.45) is 4.99 Å². The molecule has 0 aliphatic carbocycles. The number of nitrogens with zero attached hydrogens (tertiary/aromatic N) is 1. The molecule has 0 aliphatic heterocycles. The summed E-state index contributed by atoms with van der Waals surface area (Å²) in [7, 11) is 0. The lowest BCUT2D eigenvalue weighted by Gasteiger charge is -2.09. The summed E-state index contributed by atoms with van der Waals surface area (Å²) in [5, 5.41) is 0. The molecule has 0 radical (unpaired) electrons. The smallest absolute Gasteiger partial charge is 0.235 e. The molecule has 1 heterocycles. The van der Waals surface area contributed by atoms with E-state index in [0.717, 1.165) is 11.3 Å². The van der Waals surface area contributed by atoms with E-state index < -0.39 is 0 Å². The maximum Gasteiger partial charge on any atom is 0.235 e. The second kappa shape index (κ2) is 5.23. The van der Waals surface area contributed by atoms with Crippen LogP contribution >= 0.6 is 0 Å². The summed E-state index contributed by atoms with van der Waals surface area (Å²) in [6, 6.07) is 9.06. The fourth-order valence-corrected chi connectivity index (χ4v) is 1.61. The Hall–Kier alpha value is -2.19. The summed E-state index contributed by atoms with van der Waals surface area (Å²) in [6.45, 7) is 0. The second-order valence-corrected chi connectivity index (χ2v) is 3.57. The van der Waals surface area contributed by atoms with E-state index in [-0.39, 0.29) is 11.9 Å². The highest BCUT2D eigenvalue weighted by Crippen LogP contribution is 2.22. The summed E-state index contributed by atoms with van der Waals surface area (Å²) in [5.74, 6) is 0.402. The number of hydrogen-bond donors (Lipinski definition) is 0. The molecule has 0 N–H and O–H groups in total. The predicted molar refractivity (Wildman–Crippen MR) is 59.7 cm³/mol. The molecule has 0 saturated carbocycles. The van der Waals surface area contributed by atoms with Gasteiger partial charge < -0.3 is 4.42 Å². The van der Waals surface area contributed by atoms with Crippen LogP contribution in [0.3, 0.4) is 0 Å². The minimum Gasteiger partial charge on any atom is -0.469 e. The average Bonchev–Trinajstić information content (AvgIpc) is 2.82. The predicted octanol–water partition coefficient (Wildman–Crippen LogP) is 3.04. The van der Waals surface area contributed by atoms with E-state index in [0.29, 0.717) is 6.42 Å². The molecule has 0 spiro atoms. The van der Waals surface area contributed by atoms with Gasteiger partial charge in [0.05, 0.1) is 12.3 Å². The topological polar surface area (TPSA) is 42.6 Å². The molecule has 3 nitrogen and oxygen atoms in total. The van der Waals surface area contributed by atoms with Gasteiger partial charge in [0.2, 0.25) is 6.08 Å². The summed E-state index contributed by atoms with van der Waals surface area (Å²) >= 11 is 0. The maximum atomic E-state index is 12.8. The molecule has 1 unspecified atom stereocenters. The average molecular weight is 231 g/mol. The monoisotopic (exact) mass is 231 g/mol. The van der Waals surface area contributed by atoms with Gasteiger partial charge in [0.25, 0.3) is 0 Å². The fraction of sp³-hybridized carbons (Fsp3) is 0.154. The quantitative estimate of drug-likeness (QED) is 0.599. The molecule has 0 bridgehead atoms. The van der Waals surface area contributed by atoms with Crippen molar-refractivity contribution in [2.45, 2.75) is 12.5 Å². The minimum atomic E-state index is -0.390. The van der Waals surface area contributed by atoms with E-state index in [2.05, 4.69) is 4.99 Å². The van der Waals surface area contributed by atoms with Crippen molar-refractivity contribution in [3.8, 4) is 0 Å². The molecular weight excluding hydrogens is 221 g/mol. The Labute approximate surface area is 97.6 Å². The van der Waals surface area contributed by atoms with Crippen LogP contribution in [0.25, 0.3) is 0 Å². The van der Waals surface area contributed by atoms with Crippen molar-refractivity contribution in [1.82, 2.24) is 0 Å². The number of benzene rings is 1. The Bertz CT molecular complexity index is 513. The van der Waals surface area contributed by atoms with Crippen LogP contribution in [0.5, 0.6) is 0 Å². The first-order valence-corrected chi connectivity index (χ1v) is 5.14. The van der Waals surface area contributed by atoms with Crippen LogP contribution in [-0.2, 0) is 11.2 Å². The molecule has 2 aromatic rings. The molecule has 0 amide bonds. The lowest BCUT2D eigenvalue weighted by Crippen LogP contribution is -1.99. The largest absolute Gasteiger partial charge is 0.469 e. The molecule has 1 aromatic heterocycles. The van der Waals surface area contributed by atoms with Crippen LogP contribution in [0, 0.1) is 5.82 Å². The molecule has 86 valence electrons. The van der Waals surface area contributed by atoms with Crippen molar-refractivity contribution in [1.29, 1.82) is 0 Å². The van der Waals surface area contributed by atoms with Crippen LogP contribution in [0.1, 0.15) is 17.4 Å². The summed E-state index contributed by atoms with van der Waals surface area (Å²) in [4.78, 5) is 14.1. The number of carbonyl (C=O) groups excluding carboxylic acids is 1. The van der Waals surface area contributed by atoms with E-state index in [9.17, 15) is 9.18 Å². The highest BCUT2D eigenvalue weighted by atomic mass is 19.1. The zero-order valence-electron chi connectivity index (χ0n) is 8.97. The molecular formula is C13H10FNO2. The first-order valence-electron chi connectivity index (χ1n) is 5.14. The molecule has 0 aliphatic rings. The van der Waals surface area contributed by atoms with Crippen molar-refractivity contribution in [2.75, 3.05) is 0 Å². The Morgan fingerprint density at radius 2 is 2.06 bits per heavy atom. The van der Waals surface area contributed by atoms with Crippen LogP contribution in [0.15, 0.2) is 52.1 Å². The third-order valence-electron chi connectivity index (χ3n) is 2.44. The van der Waals surface area contributed by atoms with Gasteiger partial charge in [-0.3, -0.25) is 0 Å². The van der Waals surface area contributed by atoms with Crippen LogP contribution in [0.4, 0.5) is 4.39 Å². The number of halogens is 1. The first-order chi connectivity index (χ1) is 8.29. The molecule has 4 heteroatoms. The third-order valence-corrected chi connectivity index (χ3v) is 2.44. The van der Waals surface area contributed by atoms with E-state index in [1.165, 1.54) is 18.2 Å². The Kier molecular flexibility index (Phi) is 3.48. The van der Waals surface area contributed by atoms with E-state index in [4.69, 9.17) is 4.42 Å². The number of hydrogen-bond acceptors (Lipinski definition) is 3. The Balaban J connectivity index is 2.22. The summed E-state index contributed by atoms with van der Waals surface area (Å²) < 4.78 is 18.0. The van der Waals surface area contributed by atoms with Gasteiger partial charge >= 0.3 is 0 Å². The van der Waals surface area contributed by atoms with E-state index in [1.54, 1.807) is 30.5 Å². The van der Waals surface area contributed by atoms with Gasteiger partial charge in [-0.15, -0.1) is 0 Å². The number of furan rings is 1. The fourth-order valence-electron chi connectivity index (χ4n) is 1.61. The Morgan fingerprint density at radius 1 is 1.29 bits per heavy atom. The van der Waals surface area contributed by atoms with Gasteiger partial charge in [-0.05, 0) is 29.8 Å². The van der Waals surface area contributed by atoms with Gasteiger partial charge in [0.1, 0.15) is 11.6 Å². The molecule has 17 heavy (non-hydrogen) atoms. The normalized spacial score (nSPS) is 11.8. The molecule has 1 aromatic carbocycles. The lowest BCUT2D eigenvalue weighted by atomic mass is 10.0. The highest BCUT2D eigenvalue weighted by molar-refractivity contribution is 5.36. The molecule has 0 saturated heterocycles. The third kappa shape index (κ3) is 2.89. The van der Waals surface area contributed by atoms with Crippen LogP contribution in [-0.4, -0.2) is 6.08 Å². The number of isocyanates is 1. The van der Waals surface area contributed by atoms with Gasteiger partial charge in [-0.2, -0.15) is 4.99 Å². The standard InChI is InChI=1S/C13H10FNO2/c14-11-5-3-10(4-6-11)13(15-9-16)8-12-2-1-7-17-12/h1-7,13H,8H2. The van der Waals surface area contributed by atoms with Gasteiger partial charge in [-0.25, -0.2) is 9.18 Å². The number of rotatable bonds is 4. The van der Waals surface area contributed by atoms with Gasteiger partial charge in [0.15, 0.2) is 0 Å². The van der Waals surface area contributed by atoms with Gasteiger partial charge in [-0.1, -0.05) is 12.1 Å². The maximum absolute atomic E-state index is 12.8. The van der Waals surface area contributed by atoms with E-state index >= 15 is 0 Å². The highest BCUT2D eigenvalue weighted by Gasteiger charge is 2.12. The summed E-state index contributed by atoms with van der Waals surface area (Å²) in [6.07, 6.45) is 3.54. The zero-order valence-corrected chi connectivity index (χ0v) is 8.97. The van der Waals surface area contributed by atoms with Crippen LogP contribution in [0.2, 0.25) is 0 Å². The minimum absolute atomic E-state index is 0.319. The van der Waals surface area contributed by atoms with Crippen molar-refractivity contribution in [3.63, 3.8) is 0 Å². The Morgan fingerprint density at radius 3 is 2.65 bits per heavy atom. The number of aliphatic imine (C=N–C) groups is 1. The zero-order chi connectivity index (χ0) is 12.1. The first kappa shape index (κ1) is 11.3. The van der Waals surface area contributed by atoms with Crippen molar-refractivity contribution >= 4 is 6.08 Å².